The SMILES string of the molecule is CC(C)c1nc(-c2ccc(F)c3sc(N)c(C#N)c23)c(F)c2c1c([C@@H]1[C@H]3CN[C@H](C(=O)OC4CC4)[C@H]31)nn2C1CC1. The highest BCUT2D eigenvalue weighted by Crippen LogP contribution is 2.60. The highest BCUT2D eigenvalue weighted by atomic mass is 32.1. The Morgan fingerprint density at radius 1 is 1.24 bits per heavy atom. The molecule has 4 heterocycles. The molecule has 3 aliphatic carbocycles. The van der Waals surface area contributed by atoms with Crippen LogP contribution in [0.5, 0.6) is 0 Å². The Balaban J connectivity index is 1.32. The number of carbonyl (C=O) groups excluding carboxylic acids is 1. The van der Waals surface area contributed by atoms with E-state index in [0.717, 1.165) is 42.7 Å². The van der Waals surface area contributed by atoms with Crippen LogP contribution in [-0.2, 0) is 9.53 Å². The second kappa shape index (κ2) is 8.69. The highest BCUT2D eigenvalue weighted by molar-refractivity contribution is 7.23. The number of nitrogens with zero attached hydrogens (tertiary/aromatic N) is 4. The number of pyridine rings is 1. The molecule has 0 bridgehead atoms. The number of thiophene rings is 1. The van der Waals surface area contributed by atoms with Crippen molar-refractivity contribution in [3.05, 3.63) is 40.7 Å². The summed E-state index contributed by atoms with van der Waals surface area (Å²) in [5.41, 5.74) is 8.51. The number of nitrogen functional groups attached to an aromatic ring is 1. The van der Waals surface area contributed by atoms with Gasteiger partial charge in [-0.15, -0.1) is 11.3 Å². The van der Waals surface area contributed by atoms with Crippen molar-refractivity contribution in [2.24, 2.45) is 11.8 Å². The van der Waals surface area contributed by atoms with E-state index in [0.29, 0.717) is 28.7 Å². The first kappa shape index (κ1) is 25.1. The van der Waals surface area contributed by atoms with Crippen LogP contribution in [0.25, 0.3) is 32.2 Å². The molecule has 4 fully saturated rings. The van der Waals surface area contributed by atoms with Gasteiger partial charge < -0.3 is 15.8 Å². The molecule has 1 aromatic carbocycles. The van der Waals surface area contributed by atoms with Crippen LogP contribution in [0.2, 0.25) is 0 Å². The number of rotatable bonds is 6. The second-order valence-electron chi connectivity index (χ2n) is 12.1. The molecule has 1 aliphatic heterocycles. The molecular formula is C30H28F2N6O2S. The number of hydrogen-bond donors (Lipinski definition) is 2. The van der Waals surface area contributed by atoms with Crippen LogP contribution in [-0.4, -0.2) is 39.4 Å². The molecule has 4 atom stereocenters. The van der Waals surface area contributed by atoms with E-state index in [1.165, 1.54) is 12.1 Å². The Kier molecular flexibility index (Phi) is 5.33. The number of hydrogen-bond acceptors (Lipinski definition) is 8. The van der Waals surface area contributed by atoms with E-state index in [4.69, 9.17) is 20.6 Å². The lowest BCUT2D eigenvalue weighted by Crippen LogP contribution is -2.37. The number of fused-ring (bicyclic) bond motifs is 3. The summed E-state index contributed by atoms with van der Waals surface area (Å²) in [5, 5.41) is 19.4. The van der Waals surface area contributed by atoms with Gasteiger partial charge >= 0.3 is 5.97 Å². The van der Waals surface area contributed by atoms with Gasteiger partial charge in [0.2, 0.25) is 0 Å². The first-order valence-electron chi connectivity index (χ1n) is 14.2. The first-order chi connectivity index (χ1) is 19.8. The lowest BCUT2D eigenvalue weighted by Gasteiger charge is -2.16. The Bertz CT molecular complexity index is 1830. The summed E-state index contributed by atoms with van der Waals surface area (Å²) in [6.07, 6.45) is 3.69. The number of halogens is 2. The number of aromatic nitrogens is 3. The van der Waals surface area contributed by atoms with Crippen molar-refractivity contribution in [2.75, 3.05) is 12.3 Å². The monoisotopic (exact) mass is 574 g/mol. The fraction of sp³-hybridized carbons (Fsp3) is 0.467. The normalized spacial score (nSPS) is 25.2. The zero-order valence-corrected chi connectivity index (χ0v) is 23.4. The molecule has 0 amide bonds. The van der Waals surface area contributed by atoms with Gasteiger partial charge in [-0.3, -0.25) is 9.48 Å². The van der Waals surface area contributed by atoms with E-state index in [1.807, 2.05) is 18.5 Å². The Labute approximate surface area is 238 Å². The predicted octanol–water partition coefficient (Wildman–Crippen LogP) is 5.51. The Hall–Kier alpha value is -3.62. The quantitative estimate of drug-likeness (QED) is 0.292. The van der Waals surface area contributed by atoms with Gasteiger partial charge in [0.05, 0.1) is 27.7 Å². The minimum Gasteiger partial charge on any atom is -0.461 e. The molecule has 41 heavy (non-hydrogen) atoms. The summed E-state index contributed by atoms with van der Waals surface area (Å²) in [4.78, 5) is 17.8. The number of nitriles is 1. The number of nitrogens with two attached hydrogens (primary N) is 1. The van der Waals surface area contributed by atoms with Gasteiger partial charge in [-0.1, -0.05) is 13.8 Å². The molecule has 4 aromatic rings. The third-order valence-electron chi connectivity index (χ3n) is 9.03. The molecule has 3 aromatic heterocycles. The van der Waals surface area contributed by atoms with E-state index >= 15 is 4.39 Å². The number of carbonyl (C=O) groups is 1. The summed E-state index contributed by atoms with van der Waals surface area (Å²) < 4.78 is 39.3. The number of esters is 1. The van der Waals surface area contributed by atoms with Crippen LogP contribution in [0.15, 0.2) is 12.1 Å². The lowest BCUT2D eigenvalue weighted by molar-refractivity contribution is -0.147. The fourth-order valence-corrected chi connectivity index (χ4v) is 7.68. The molecule has 0 spiro atoms. The van der Waals surface area contributed by atoms with E-state index in [2.05, 4.69) is 11.4 Å². The van der Waals surface area contributed by atoms with Crippen LogP contribution in [0, 0.1) is 34.8 Å². The van der Waals surface area contributed by atoms with E-state index < -0.39 is 11.6 Å². The van der Waals surface area contributed by atoms with Crippen LogP contribution >= 0.6 is 11.3 Å². The van der Waals surface area contributed by atoms with Crippen molar-refractivity contribution in [3.63, 3.8) is 0 Å². The third-order valence-corrected chi connectivity index (χ3v) is 10.1. The number of benzene rings is 1. The number of nitrogens with one attached hydrogen (secondary N) is 1. The molecule has 4 aliphatic rings. The molecule has 8 nitrogen and oxygen atoms in total. The summed E-state index contributed by atoms with van der Waals surface area (Å²) in [6, 6.07) is 4.54. The Morgan fingerprint density at radius 3 is 2.71 bits per heavy atom. The summed E-state index contributed by atoms with van der Waals surface area (Å²) in [6.45, 7) is 4.71. The maximum Gasteiger partial charge on any atom is 0.323 e. The minimum absolute atomic E-state index is 0.0134. The van der Waals surface area contributed by atoms with Crippen molar-refractivity contribution in [3.8, 4) is 17.3 Å². The van der Waals surface area contributed by atoms with Gasteiger partial charge in [-0.25, -0.2) is 13.8 Å². The highest BCUT2D eigenvalue weighted by Gasteiger charge is 2.63. The predicted molar refractivity (Wildman–Crippen MR) is 150 cm³/mol. The summed E-state index contributed by atoms with van der Waals surface area (Å²) in [7, 11) is 0. The topological polar surface area (TPSA) is 119 Å². The molecule has 11 heteroatoms. The Morgan fingerprint density at radius 2 is 2.02 bits per heavy atom. The van der Waals surface area contributed by atoms with Gasteiger partial charge in [0, 0.05) is 22.3 Å². The van der Waals surface area contributed by atoms with Crippen molar-refractivity contribution in [1.82, 2.24) is 20.1 Å². The van der Waals surface area contributed by atoms with Crippen LogP contribution in [0.3, 0.4) is 0 Å². The fourth-order valence-electron chi connectivity index (χ4n) is 6.73. The molecule has 0 radical (unpaired) electrons. The molecule has 1 saturated heterocycles. The molecule has 8 rings (SSSR count). The molecule has 210 valence electrons. The molecule has 3 N–H and O–H groups in total. The van der Waals surface area contributed by atoms with Crippen molar-refractivity contribution < 1.29 is 18.3 Å². The zero-order valence-electron chi connectivity index (χ0n) is 22.6. The standard InChI is InChI=1S/C30H28F2N6O2S/c1-11(2)23-21-25(19-16-10-35-26(20(16)19)30(39)40-13-5-6-13)37-38(12-3-4-12)27(21)22(32)24(36-23)14-7-8-17(31)28-18(14)15(9-33)29(34)41-28/h7-8,11-13,16,19-20,26,35H,3-6,10,34H2,1-2H3/t16-,19-,20-,26+/m1/s1. The van der Waals surface area contributed by atoms with Crippen LogP contribution in [0.1, 0.15) is 74.4 Å². The van der Waals surface area contributed by atoms with E-state index in [1.54, 1.807) is 0 Å². The van der Waals surface area contributed by atoms with Gasteiger partial charge in [-0.2, -0.15) is 10.4 Å². The van der Waals surface area contributed by atoms with Gasteiger partial charge in [-0.05, 0) is 62.1 Å². The number of ether oxygens (including phenoxy) is 1. The maximum absolute atomic E-state index is 16.8. The van der Waals surface area contributed by atoms with E-state index in [9.17, 15) is 14.4 Å². The maximum atomic E-state index is 16.8. The van der Waals surface area contributed by atoms with Crippen molar-refractivity contribution >= 4 is 43.3 Å². The summed E-state index contributed by atoms with van der Waals surface area (Å²) >= 11 is 0.981. The van der Waals surface area contributed by atoms with Crippen molar-refractivity contribution in [2.45, 2.75) is 69.6 Å². The minimum atomic E-state index is -0.537. The van der Waals surface area contributed by atoms with Gasteiger partial charge in [0.15, 0.2) is 5.82 Å². The van der Waals surface area contributed by atoms with Gasteiger partial charge in [0.25, 0.3) is 0 Å². The molecular weight excluding hydrogens is 546 g/mol. The average Bonchev–Trinajstić information content (AvgIpc) is 3.91. The number of anilines is 1. The zero-order chi connectivity index (χ0) is 28.3. The van der Waals surface area contributed by atoms with Gasteiger partial charge in [0.1, 0.15) is 40.2 Å². The average molecular weight is 575 g/mol. The number of piperidine rings is 1. The lowest BCUT2D eigenvalue weighted by atomic mass is 9.96. The van der Waals surface area contributed by atoms with Crippen LogP contribution in [0.4, 0.5) is 13.8 Å². The van der Waals surface area contributed by atoms with Crippen molar-refractivity contribution in [1.29, 1.82) is 5.26 Å². The van der Waals surface area contributed by atoms with Crippen LogP contribution < -0.4 is 11.1 Å². The second-order valence-corrected chi connectivity index (χ2v) is 13.2. The summed E-state index contributed by atoms with van der Waals surface area (Å²) in [5.74, 6) is -1.03. The third kappa shape index (κ3) is 3.66. The first-order valence-corrected chi connectivity index (χ1v) is 15.1. The molecule has 3 saturated carbocycles. The molecule has 0 unspecified atom stereocenters. The smallest absolute Gasteiger partial charge is 0.323 e. The van der Waals surface area contributed by atoms with E-state index in [-0.39, 0.29) is 74.2 Å². The largest absolute Gasteiger partial charge is 0.461 e.